The Kier molecular flexibility index (Phi) is 8.99. The van der Waals surface area contributed by atoms with Crippen molar-refractivity contribution in [2.24, 2.45) is 11.7 Å². The third-order valence-corrected chi connectivity index (χ3v) is 2.91. The molecule has 0 aliphatic rings. The molecule has 0 aliphatic carbocycles. The second kappa shape index (κ2) is 9.32. The van der Waals surface area contributed by atoms with Crippen molar-refractivity contribution in [1.29, 1.82) is 5.26 Å². The zero-order valence-electron chi connectivity index (χ0n) is 12.4. The van der Waals surface area contributed by atoms with Gasteiger partial charge < -0.3 is 15.4 Å². The van der Waals surface area contributed by atoms with Gasteiger partial charge in [-0.05, 0) is 38.6 Å². The zero-order chi connectivity index (χ0) is 14.0. The molecule has 4 heteroatoms. The van der Waals surface area contributed by atoms with E-state index in [2.05, 4.69) is 24.8 Å². The van der Waals surface area contributed by atoms with E-state index in [0.717, 1.165) is 45.5 Å². The van der Waals surface area contributed by atoms with Gasteiger partial charge >= 0.3 is 0 Å². The number of hydrogen-bond donors (Lipinski definition) is 1. The van der Waals surface area contributed by atoms with Gasteiger partial charge in [-0.1, -0.05) is 13.8 Å². The second-order valence-corrected chi connectivity index (χ2v) is 5.67. The molecule has 2 N–H and O–H groups in total. The standard InChI is InChI=1S/C14H29N3O/c1-13(2)11-17(9-10-18-4)8-6-5-7-14(3,16)12-15/h13H,5-11,16H2,1-4H3. The summed E-state index contributed by atoms with van der Waals surface area (Å²) in [5.74, 6) is 0.667. The minimum absolute atomic E-state index is 0.667. The van der Waals surface area contributed by atoms with Crippen molar-refractivity contribution in [3.05, 3.63) is 0 Å². The Bertz CT molecular complexity index is 246. The molecule has 0 bridgehead atoms. The molecular formula is C14H29N3O. The largest absolute Gasteiger partial charge is 0.383 e. The highest BCUT2D eigenvalue weighted by Gasteiger charge is 2.16. The summed E-state index contributed by atoms with van der Waals surface area (Å²) in [6.45, 7) is 10.2. The van der Waals surface area contributed by atoms with Crippen LogP contribution >= 0.6 is 0 Å². The first-order chi connectivity index (χ1) is 8.41. The third-order valence-electron chi connectivity index (χ3n) is 2.91. The van der Waals surface area contributed by atoms with Gasteiger partial charge in [0, 0.05) is 20.2 Å². The lowest BCUT2D eigenvalue weighted by Crippen LogP contribution is -2.35. The van der Waals surface area contributed by atoms with E-state index in [-0.39, 0.29) is 0 Å². The molecule has 0 fully saturated rings. The van der Waals surface area contributed by atoms with E-state index in [9.17, 15) is 0 Å². The minimum atomic E-state index is -0.671. The number of methoxy groups -OCH3 is 1. The topological polar surface area (TPSA) is 62.3 Å². The molecule has 0 aromatic carbocycles. The van der Waals surface area contributed by atoms with Gasteiger partial charge in [-0.2, -0.15) is 5.26 Å². The summed E-state index contributed by atoms with van der Waals surface area (Å²) in [6.07, 6.45) is 2.86. The number of nitriles is 1. The molecule has 0 radical (unpaired) electrons. The average Bonchev–Trinajstić information content (AvgIpc) is 2.30. The van der Waals surface area contributed by atoms with Crippen molar-refractivity contribution in [2.75, 3.05) is 33.4 Å². The van der Waals surface area contributed by atoms with Crippen LogP contribution in [0.2, 0.25) is 0 Å². The van der Waals surface area contributed by atoms with Gasteiger partial charge in [0.1, 0.15) is 5.54 Å². The Morgan fingerprint density at radius 3 is 2.50 bits per heavy atom. The summed E-state index contributed by atoms with van der Waals surface area (Å²) in [6, 6.07) is 2.14. The van der Waals surface area contributed by atoms with Crippen molar-refractivity contribution in [3.63, 3.8) is 0 Å². The van der Waals surface area contributed by atoms with Crippen molar-refractivity contribution >= 4 is 0 Å². The fraction of sp³-hybridized carbons (Fsp3) is 0.929. The molecule has 1 atom stereocenters. The monoisotopic (exact) mass is 255 g/mol. The highest BCUT2D eigenvalue weighted by Crippen LogP contribution is 2.10. The molecule has 106 valence electrons. The van der Waals surface area contributed by atoms with Gasteiger partial charge in [0.25, 0.3) is 0 Å². The van der Waals surface area contributed by atoms with Crippen LogP contribution in [0.15, 0.2) is 0 Å². The Balaban J connectivity index is 3.85. The predicted octanol–water partition coefficient (Wildman–Crippen LogP) is 2.00. The van der Waals surface area contributed by atoms with Crippen LogP contribution in [0.4, 0.5) is 0 Å². The number of hydrogen-bond acceptors (Lipinski definition) is 4. The molecule has 0 amide bonds. The van der Waals surface area contributed by atoms with E-state index in [4.69, 9.17) is 15.7 Å². The smallest absolute Gasteiger partial charge is 0.101 e. The molecule has 0 aliphatic heterocycles. The normalized spacial score (nSPS) is 14.8. The molecule has 0 saturated heterocycles. The third kappa shape index (κ3) is 9.41. The van der Waals surface area contributed by atoms with Crippen molar-refractivity contribution < 1.29 is 4.74 Å². The lowest BCUT2D eigenvalue weighted by Gasteiger charge is -2.24. The summed E-state index contributed by atoms with van der Waals surface area (Å²) in [5, 5.41) is 8.84. The fourth-order valence-corrected chi connectivity index (χ4v) is 1.91. The van der Waals surface area contributed by atoms with E-state index in [1.54, 1.807) is 14.0 Å². The Morgan fingerprint density at radius 1 is 1.33 bits per heavy atom. The summed E-state index contributed by atoms with van der Waals surface area (Å²) in [7, 11) is 1.74. The summed E-state index contributed by atoms with van der Waals surface area (Å²) >= 11 is 0. The highest BCUT2D eigenvalue weighted by molar-refractivity contribution is 5.00. The number of nitrogens with zero attached hydrogens (tertiary/aromatic N) is 2. The van der Waals surface area contributed by atoms with Gasteiger partial charge in [-0.3, -0.25) is 0 Å². The molecule has 4 nitrogen and oxygen atoms in total. The maximum absolute atomic E-state index is 8.84. The predicted molar refractivity (Wildman–Crippen MR) is 75.2 cm³/mol. The molecule has 1 unspecified atom stereocenters. The number of rotatable bonds is 10. The van der Waals surface area contributed by atoms with E-state index in [1.165, 1.54) is 0 Å². The van der Waals surface area contributed by atoms with Gasteiger partial charge in [-0.15, -0.1) is 0 Å². The average molecular weight is 255 g/mol. The number of ether oxygens (including phenoxy) is 1. The van der Waals surface area contributed by atoms with Crippen LogP contribution in [0.3, 0.4) is 0 Å². The van der Waals surface area contributed by atoms with Crippen LogP contribution in [-0.4, -0.2) is 43.8 Å². The lowest BCUT2D eigenvalue weighted by molar-refractivity contribution is 0.138. The Morgan fingerprint density at radius 2 is 2.00 bits per heavy atom. The van der Waals surface area contributed by atoms with Crippen LogP contribution in [0.25, 0.3) is 0 Å². The Labute approximate surface area is 112 Å². The van der Waals surface area contributed by atoms with Crippen molar-refractivity contribution in [3.8, 4) is 6.07 Å². The maximum Gasteiger partial charge on any atom is 0.101 e. The van der Waals surface area contributed by atoms with E-state index in [1.807, 2.05) is 0 Å². The molecule has 0 heterocycles. The molecule has 0 aromatic heterocycles. The van der Waals surface area contributed by atoms with Crippen molar-refractivity contribution in [1.82, 2.24) is 4.90 Å². The first-order valence-electron chi connectivity index (χ1n) is 6.82. The highest BCUT2D eigenvalue weighted by atomic mass is 16.5. The van der Waals surface area contributed by atoms with Gasteiger partial charge in [0.05, 0.1) is 12.7 Å². The van der Waals surface area contributed by atoms with Crippen LogP contribution in [0.5, 0.6) is 0 Å². The molecule has 0 rings (SSSR count). The number of nitrogens with two attached hydrogens (primary N) is 1. The van der Waals surface area contributed by atoms with E-state index in [0.29, 0.717) is 5.92 Å². The van der Waals surface area contributed by atoms with Gasteiger partial charge in [0.2, 0.25) is 0 Å². The lowest BCUT2D eigenvalue weighted by atomic mass is 9.98. The van der Waals surface area contributed by atoms with Crippen molar-refractivity contribution in [2.45, 2.75) is 45.6 Å². The van der Waals surface area contributed by atoms with Crippen LogP contribution < -0.4 is 5.73 Å². The maximum atomic E-state index is 8.84. The summed E-state index contributed by atoms with van der Waals surface area (Å²) in [5.41, 5.74) is 5.13. The van der Waals surface area contributed by atoms with Gasteiger partial charge in [0.15, 0.2) is 0 Å². The summed E-state index contributed by atoms with van der Waals surface area (Å²) < 4.78 is 5.13. The summed E-state index contributed by atoms with van der Waals surface area (Å²) in [4.78, 5) is 2.42. The van der Waals surface area contributed by atoms with E-state index < -0.39 is 5.54 Å². The Hall–Kier alpha value is -0.630. The first-order valence-corrected chi connectivity index (χ1v) is 6.82. The molecule has 0 saturated carbocycles. The van der Waals surface area contributed by atoms with Crippen LogP contribution in [0.1, 0.15) is 40.0 Å². The molecule has 0 spiro atoms. The number of unbranched alkanes of at least 4 members (excludes halogenated alkanes) is 1. The molecular weight excluding hydrogens is 226 g/mol. The first kappa shape index (κ1) is 17.4. The zero-order valence-corrected chi connectivity index (χ0v) is 12.4. The second-order valence-electron chi connectivity index (χ2n) is 5.67. The van der Waals surface area contributed by atoms with Crippen LogP contribution in [-0.2, 0) is 4.74 Å². The molecule has 18 heavy (non-hydrogen) atoms. The van der Waals surface area contributed by atoms with Crippen LogP contribution in [0, 0.1) is 17.2 Å². The van der Waals surface area contributed by atoms with E-state index >= 15 is 0 Å². The fourth-order valence-electron chi connectivity index (χ4n) is 1.91. The quantitative estimate of drug-likeness (QED) is 0.607. The minimum Gasteiger partial charge on any atom is -0.383 e. The van der Waals surface area contributed by atoms with Gasteiger partial charge in [-0.25, -0.2) is 0 Å². The molecule has 0 aromatic rings. The SMILES string of the molecule is COCCN(CCCCC(C)(N)C#N)CC(C)C.